The number of sulfonamides is 1. The SMILES string of the molecule is CCCS(=O)(=O)NC(=O)CNCC1CC1. The van der Waals surface area contributed by atoms with E-state index in [1.165, 1.54) is 12.8 Å². The van der Waals surface area contributed by atoms with E-state index in [2.05, 4.69) is 5.32 Å². The Morgan fingerprint density at radius 2 is 2.07 bits per heavy atom. The summed E-state index contributed by atoms with van der Waals surface area (Å²) in [5.41, 5.74) is 0. The van der Waals surface area contributed by atoms with Gasteiger partial charge in [-0.05, 0) is 31.7 Å². The molecule has 6 heteroatoms. The highest BCUT2D eigenvalue weighted by Gasteiger charge is 2.21. The van der Waals surface area contributed by atoms with Gasteiger partial charge >= 0.3 is 0 Å². The minimum absolute atomic E-state index is 0.00135. The fraction of sp³-hybridized carbons (Fsp3) is 0.889. The molecule has 0 bridgehead atoms. The summed E-state index contributed by atoms with van der Waals surface area (Å²) in [5.74, 6) is 0.218. The Morgan fingerprint density at radius 3 is 2.60 bits per heavy atom. The van der Waals surface area contributed by atoms with Crippen molar-refractivity contribution in [2.24, 2.45) is 5.92 Å². The van der Waals surface area contributed by atoms with Gasteiger partial charge in [-0.2, -0.15) is 0 Å². The van der Waals surface area contributed by atoms with Crippen LogP contribution >= 0.6 is 0 Å². The first-order valence-electron chi connectivity index (χ1n) is 5.27. The van der Waals surface area contributed by atoms with Gasteiger partial charge in [0.05, 0.1) is 12.3 Å². The number of carbonyl (C=O) groups excluding carboxylic acids is 1. The molecule has 0 aromatic heterocycles. The van der Waals surface area contributed by atoms with E-state index in [9.17, 15) is 13.2 Å². The van der Waals surface area contributed by atoms with Crippen molar-refractivity contribution >= 4 is 15.9 Å². The van der Waals surface area contributed by atoms with Crippen LogP contribution in [0.1, 0.15) is 26.2 Å². The van der Waals surface area contributed by atoms with Crippen LogP contribution in [0.5, 0.6) is 0 Å². The quantitative estimate of drug-likeness (QED) is 0.642. The minimum atomic E-state index is -3.41. The highest BCUT2D eigenvalue weighted by molar-refractivity contribution is 7.90. The van der Waals surface area contributed by atoms with Gasteiger partial charge in [0.2, 0.25) is 15.9 Å². The minimum Gasteiger partial charge on any atom is -0.308 e. The summed E-state index contributed by atoms with van der Waals surface area (Å²) in [6.07, 6.45) is 2.93. The lowest BCUT2D eigenvalue weighted by molar-refractivity contribution is -0.118. The summed E-state index contributed by atoms with van der Waals surface area (Å²) in [7, 11) is -3.41. The zero-order valence-corrected chi connectivity index (χ0v) is 9.77. The Bertz CT molecular complexity index is 309. The number of amides is 1. The number of carbonyl (C=O) groups is 1. The lowest BCUT2D eigenvalue weighted by Gasteiger charge is -2.06. The summed E-state index contributed by atoms with van der Waals surface area (Å²) >= 11 is 0. The Morgan fingerprint density at radius 1 is 1.40 bits per heavy atom. The summed E-state index contributed by atoms with van der Waals surface area (Å²) in [4.78, 5) is 11.2. The first-order valence-corrected chi connectivity index (χ1v) is 6.93. The molecule has 1 aliphatic carbocycles. The zero-order chi connectivity index (χ0) is 11.3. The number of hydrogen-bond donors (Lipinski definition) is 2. The van der Waals surface area contributed by atoms with Gasteiger partial charge in [0.25, 0.3) is 0 Å². The van der Waals surface area contributed by atoms with Gasteiger partial charge in [-0.15, -0.1) is 0 Å². The molecule has 0 atom stereocenters. The third kappa shape index (κ3) is 5.74. The van der Waals surface area contributed by atoms with Crippen LogP contribution in [-0.4, -0.2) is 33.2 Å². The summed E-state index contributed by atoms with van der Waals surface area (Å²) < 4.78 is 24.4. The highest BCUT2D eigenvalue weighted by atomic mass is 32.2. The molecular formula is C9H18N2O3S. The molecule has 15 heavy (non-hydrogen) atoms. The van der Waals surface area contributed by atoms with E-state index in [1.807, 2.05) is 4.72 Å². The van der Waals surface area contributed by atoms with Crippen LogP contribution in [0.3, 0.4) is 0 Å². The standard InChI is InChI=1S/C9H18N2O3S/c1-2-5-15(13,14)11-9(12)7-10-6-8-3-4-8/h8,10H,2-7H2,1H3,(H,11,12). The summed E-state index contributed by atoms with van der Waals surface area (Å²) in [6.45, 7) is 2.65. The zero-order valence-electron chi connectivity index (χ0n) is 8.95. The van der Waals surface area contributed by atoms with E-state index in [0.29, 0.717) is 12.3 Å². The van der Waals surface area contributed by atoms with Crippen molar-refractivity contribution in [3.8, 4) is 0 Å². The second-order valence-corrected chi connectivity index (χ2v) is 5.76. The monoisotopic (exact) mass is 234 g/mol. The lowest BCUT2D eigenvalue weighted by Crippen LogP contribution is -2.39. The van der Waals surface area contributed by atoms with Crippen molar-refractivity contribution in [3.63, 3.8) is 0 Å². The molecule has 0 radical (unpaired) electrons. The molecule has 0 saturated heterocycles. The third-order valence-electron chi connectivity index (χ3n) is 2.16. The second-order valence-electron chi connectivity index (χ2n) is 3.92. The topological polar surface area (TPSA) is 75.3 Å². The molecule has 0 aliphatic heterocycles. The van der Waals surface area contributed by atoms with Gasteiger partial charge in [0, 0.05) is 0 Å². The van der Waals surface area contributed by atoms with Crippen molar-refractivity contribution in [2.45, 2.75) is 26.2 Å². The maximum absolute atomic E-state index is 11.2. The molecule has 2 N–H and O–H groups in total. The average molecular weight is 234 g/mol. The van der Waals surface area contributed by atoms with E-state index in [0.717, 1.165) is 6.54 Å². The predicted octanol–water partition coefficient (Wildman–Crippen LogP) is -0.158. The number of rotatable bonds is 7. The van der Waals surface area contributed by atoms with E-state index >= 15 is 0 Å². The van der Waals surface area contributed by atoms with E-state index in [4.69, 9.17) is 0 Å². The van der Waals surface area contributed by atoms with Gasteiger partial charge in [0.1, 0.15) is 0 Å². The Balaban J connectivity index is 2.16. The average Bonchev–Trinajstić information content (AvgIpc) is 2.86. The molecular weight excluding hydrogens is 216 g/mol. The van der Waals surface area contributed by atoms with Gasteiger partial charge < -0.3 is 5.32 Å². The van der Waals surface area contributed by atoms with Gasteiger partial charge in [-0.25, -0.2) is 8.42 Å². The molecule has 1 saturated carbocycles. The maximum Gasteiger partial charge on any atom is 0.247 e. The van der Waals surface area contributed by atoms with Gasteiger partial charge in [-0.1, -0.05) is 6.92 Å². The smallest absolute Gasteiger partial charge is 0.247 e. The molecule has 0 heterocycles. The Hall–Kier alpha value is -0.620. The van der Waals surface area contributed by atoms with E-state index < -0.39 is 15.9 Å². The fourth-order valence-corrected chi connectivity index (χ4v) is 2.30. The highest BCUT2D eigenvalue weighted by Crippen LogP contribution is 2.27. The molecule has 1 fully saturated rings. The van der Waals surface area contributed by atoms with Crippen LogP contribution in [0.2, 0.25) is 0 Å². The molecule has 0 unspecified atom stereocenters. The van der Waals surface area contributed by atoms with Crippen LogP contribution < -0.4 is 10.0 Å². The largest absolute Gasteiger partial charge is 0.308 e. The second kappa shape index (κ2) is 5.46. The summed E-state index contributed by atoms with van der Waals surface area (Å²) in [6, 6.07) is 0. The summed E-state index contributed by atoms with van der Waals surface area (Å²) in [5, 5.41) is 2.94. The number of nitrogens with one attached hydrogen (secondary N) is 2. The normalized spacial score (nSPS) is 16.3. The van der Waals surface area contributed by atoms with Crippen LogP contribution in [0, 0.1) is 5.92 Å². The Kier molecular flexibility index (Phi) is 4.53. The third-order valence-corrected chi connectivity index (χ3v) is 3.64. The first kappa shape index (κ1) is 12.4. The molecule has 1 amide bonds. The van der Waals surface area contributed by atoms with Crippen LogP contribution in [0.4, 0.5) is 0 Å². The van der Waals surface area contributed by atoms with Crippen LogP contribution in [-0.2, 0) is 14.8 Å². The van der Waals surface area contributed by atoms with Crippen molar-refractivity contribution in [2.75, 3.05) is 18.8 Å². The van der Waals surface area contributed by atoms with Gasteiger partial charge in [-0.3, -0.25) is 9.52 Å². The maximum atomic E-state index is 11.2. The van der Waals surface area contributed by atoms with Crippen LogP contribution in [0.25, 0.3) is 0 Å². The Labute approximate surface area is 90.7 Å². The van der Waals surface area contributed by atoms with E-state index in [-0.39, 0.29) is 12.3 Å². The van der Waals surface area contributed by atoms with Crippen LogP contribution in [0.15, 0.2) is 0 Å². The molecule has 1 aliphatic rings. The predicted molar refractivity (Wildman–Crippen MR) is 57.8 cm³/mol. The van der Waals surface area contributed by atoms with Crippen molar-refractivity contribution in [1.29, 1.82) is 0 Å². The molecule has 1 rings (SSSR count). The fourth-order valence-electron chi connectivity index (χ4n) is 1.24. The van der Waals surface area contributed by atoms with Gasteiger partial charge in [0.15, 0.2) is 0 Å². The molecule has 0 aromatic rings. The number of hydrogen-bond acceptors (Lipinski definition) is 4. The molecule has 88 valence electrons. The van der Waals surface area contributed by atoms with Crippen molar-refractivity contribution < 1.29 is 13.2 Å². The van der Waals surface area contributed by atoms with Crippen molar-refractivity contribution in [1.82, 2.24) is 10.0 Å². The molecule has 5 nitrogen and oxygen atoms in total. The lowest BCUT2D eigenvalue weighted by atomic mass is 10.4. The van der Waals surface area contributed by atoms with Crippen molar-refractivity contribution in [3.05, 3.63) is 0 Å². The first-order chi connectivity index (χ1) is 7.03. The molecule has 0 spiro atoms. The van der Waals surface area contributed by atoms with E-state index in [1.54, 1.807) is 6.92 Å². The molecule has 0 aromatic carbocycles.